The van der Waals surface area contributed by atoms with Gasteiger partial charge in [-0.1, -0.05) is 6.42 Å². The summed E-state index contributed by atoms with van der Waals surface area (Å²) in [6, 6.07) is -0.804. The van der Waals surface area contributed by atoms with Gasteiger partial charge in [0.05, 0.1) is 12.1 Å². The van der Waals surface area contributed by atoms with Crippen molar-refractivity contribution in [2.45, 2.75) is 74.7 Å². The van der Waals surface area contributed by atoms with Gasteiger partial charge in [-0.05, 0) is 32.1 Å². The minimum atomic E-state index is -1.16. The van der Waals surface area contributed by atoms with E-state index in [9.17, 15) is 33.9 Å². The fourth-order valence-corrected chi connectivity index (χ4v) is 6.00. The van der Waals surface area contributed by atoms with Crippen molar-refractivity contribution in [2.24, 2.45) is 0 Å². The van der Waals surface area contributed by atoms with Crippen molar-refractivity contribution >= 4 is 47.4 Å². The fraction of sp³-hybridized carbons (Fsp3) is 0.652. The van der Waals surface area contributed by atoms with Crippen LogP contribution in [0.3, 0.4) is 0 Å². The molecule has 0 unspecified atom stereocenters. The average molecular weight is 524 g/mol. The molecule has 198 valence electrons. The number of urea groups is 1. The van der Waals surface area contributed by atoms with Gasteiger partial charge in [0.15, 0.2) is 0 Å². The third-order valence-corrected chi connectivity index (χ3v) is 7.93. The molecular formula is C23H33N5O7S. The maximum atomic E-state index is 12.1. The van der Waals surface area contributed by atoms with Crippen molar-refractivity contribution in [3.05, 3.63) is 12.2 Å². The molecule has 0 aromatic carbocycles. The molecule has 0 aromatic heterocycles. The molecule has 2 saturated heterocycles. The number of aliphatic carboxylic acids is 1. The second-order valence-electron chi connectivity index (χ2n) is 9.08. The number of carboxylic acid groups (broad SMARTS) is 1. The minimum absolute atomic E-state index is 0.0497. The number of carbonyl (C=O) groups is 6. The molecule has 3 aliphatic heterocycles. The molecule has 0 aromatic rings. The molecule has 12 nitrogen and oxygen atoms in total. The first-order chi connectivity index (χ1) is 17.2. The number of hydrogen-bond acceptors (Lipinski definition) is 7. The third kappa shape index (κ3) is 7.97. The zero-order valence-electron chi connectivity index (χ0n) is 20.0. The highest BCUT2D eigenvalue weighted by atomic mass is 32.2. The highest BCUT2D eigenvalue weighted by Gasteiger charge is 2.42. The predicted octanol–water partition coefficient (Wildman–Crippen LogP) is -0.117. The summed E-state index contributed by atoms with van der Waals surface area (Å²) in [6.07, 6.45) is 6.37. The molecular weight excluding hydrogens is 490 g/mol. The van der Waals surface area contributed by atoms with Gasteiger partial charge in [0.1, 0.15) is 6.04 Å². The van der Waals surface area contributed by atoms with Crippen molar-refractivity contribution in [2.75, 3.05) is 18.8 Å². The van der Waals surface area contributed by atoms with E-state index in [-0.39, 0.29) is 43.4 Å². The first kappa shape index (κ1) is 27.5. The van der Waals surface area contributed by atoms with E-state index in [1.807, 2.05) is 11.8 Å². The van der Waals surface area contributed by atoms with Gasteiger partial charge in [-0.3, -0.25) is 24.1 Å². The van der Waals surface area contributed by atoms with Gasteiger partial charge in [0.25, 0.3) is 11.8 Å². The summed E-state index contributed by atoms with van der Waals surface area (Å²) < 4.78 is 0. The minimum Gasteiger partial charge on any atom is -0.480 e. The number of nitrogens with one attached hydrogen (secondary N) is 4. The molecule has 13 heteroatoms. The van der Waals surface area contributed by atoms with Gasteiger partial charge in [0, 0.05) is 49.1 Å². The number of hydrogen-bond donors (Lipinski definition) is 5. The molecule has 6 amide bonds. The molecule has 5 N–H and O–H groups in total. The van der Waals surface area contributed by atoms with Crippen LogP contribution in [0.2, 0.25) is 0 Å². The lowest BCUT2D eigenvalue weighted by molar-refractivity contribution is -0.143. The second kappa shape index (κ2) is 13.3. The Labute approximate surface area is 213 Å². The van der Waals surface area contributed by atoms with Gasteiger partial charge in [-0.25, -0.2) is 9.59 Å². The zero-order valence-corrected chi connectivity index (χ0v) is 20.8. The Balaban J connectivity index is 1.21. The molecule has 0 spiro atoms. The van der Waals surface area contributed by atoms with Gasteiger partial charge in [-0.15, -0.1) is 0 Å². The number of thioether (sulfide) groups is 1. The molecule has 3 heterocycles. The van der Waals surface area contributed by atoms with Crippen LogP contribution in [0.5, 0.6) is 0 Å². The number of carboxylic acids is 1. The van der Waals surface area contributed by atoms with E-state index in [0.29, 0.717) is 31.1 Å². The lowest BCUT2D eigenvalue weighted by Gasteiger charge is -2.17. The van der Waals surface area contributed by atoms with Crippen LogP contribution < -0.4 is 21.3 Å². The van der Waals surface area contributed by atoms with E-state index in [1.165, 1.54) is 0 Å². The van der Waals surface area contributed by atoms with Crippen molar-refractivity contribution in [1.29, 1.82) is 0 Å². The largest absolute Gasteiger partial charge is 0.480 e. The monoisotopic (exact) mass is 523 g/mol. The summed E-state index contributed by atoms with van der Waals surface area (Å²) in [7, 11) is 0. The summed E-state index contributed by atoms with van der Waals surface area (Å²) in [6.45, 7) is 0.314. The molecule has 3 rings (SSSR count). The maximum Gasteiger partial charge on any atom is 0.326 e. The summed E-state index contributed by atoms with van der Waals surface area (Å²) in [5, 5.41) is 20.9. The first-order valence-corrected chi connectivity index (χ1v) is 13.3. The number of carbonyl (C=O) groups excluding carboxylic acids is 5. The smallest absolute Gasteiger partial charge is 0.326 e. The Hall–Kier alpha value is -3.09. The summed E-state index contributed by atoms with van der Waals surface area (Å²) in [4.78, 5) is 70.9. The molecule has 2 fully saturated rings. The van der Waals surface area contributed by atoms with Crippen molar-refractivity contribution in [3.8, 4) is 0 Å². The van der Waals surface area contributed by atoms with Crippen molar-refractivity contribution < 1.29 is 33.9 Å². The van der Waals surface area contributed by atoms with E-state index in [0.717, 1.165) is 42.1 Å². The lowest BCUT2D eigenvalue weighted by atomic mass is 10.0. The number of unbranched alkanes of at least 4 members (excludes halogenated alkanes) is 2. The maximum absolute atomic E-state index is 12.1. The van der Waals surface area contributed by atoms with E-state index in [1.54, 1.807) is 0 Å². The standard InChI is InChI=1S/C23H33N5O7S/c29-17(7-2-1-6-16-21-15(13-36-16)26-23(35)27-21)24-11-4-3-5-14(22(33)34)25-18(30)10-12-28-19(31)8-9-20(28)32/h8-9,14-16,21H,1-7,10-13H2,(H,24,29)(H,25,30)(H,33,34)(H2,26,27,35)/t14-,15+,16+,21+/m1/s1. The highest BCUT2D eigenvalue weighted by molar-refractivity contribution is 8.00. The SMILES string of the molecule is O=C(CCCC[C@@H]1SC[C@@H]2NC(=O)N[C@@H]21)NCCCC[C@@H](NC(=O)CCN1C(=O)C=CC1=O)C(=O)O. The normalized spacial score (nSPS) is 23.3. The van der Waals surface area contributed by atoms with E-state index in [2.05, 4.69) is 21.3 Å². The van der Waals surface area contributed by atoms with Crippen LogP contribution in [0, 0.1) is 0 Å². The summed E-state index contributed by atoms with van der Waals surface area (Å²) in [5.74, 6) is -1.84. The average Bonchev–Trinajstić information content (AvgIpc) is 3.48. The molecule has 0 radical (unpaired) electrons. The number of amides is 6. The number of nitrogens with zero attached hydrogens (tertiary/aromatic N) is 1. The van der Waals surface area contributed by atoms with Crippen LogP contribution in [0.25, 0.3) is 0 Å². The van der Waals surface area contributed by atoms with E-state index in [4.69, 9.17) is 0 Å². The van der Waals surface area contributed by atoms with E-state index >= 15 is 0 Å². The molecule has 3 aliphatic rings. The van der Waals surface area contributed by atoms with Crippen molar-refractivity contribution in [3.63, 3.8) is 0 Å². The Morgan fingerprint density at radius 2 is 1.78 bits per heavy atom. The van der Waals surface area contributed by atoms with Crippen LogP contribution in [-0.2, 0) is 24.0 Å². The van der Waals surface area contributed by atoms with Crippen LogP contribution in [0.1, 0.15) is 51.4 Å². The third-order valence-electron chi connectivity index (χ3n) is 6.42. The summed E-state index contributed by atoms with van der Waals surface area (Å²) >= 11 is 1.85. The Bertz CT molecular complexity index is 893. The predicted molar refractivity (Wildman–Crippen MR) is 131 cm³/mol. The molecule has 36 heavy (non-hydrogen) atoms. The molecule has 4 atom stereocenters. The van der Waals surface area contributed by atoms with Crippen LogP contribution >= 0.6 is 11.8 Å². The van der Waals surface area contributed by atoms with Gasteiger partial charge in [0.2, 0.25) is 11.8 Å². The number of fused-ring (bicyclic) bond motifs is 1. The Morgan fingerprint density at radius 3 is 2.50 bits per heavy atom. The lowest BCUT2D eigenvalue weighted by Crippen LogP contribution is -2.42. The van der Waals surface area contributed by atoms with Crippen LogP contribution in [0.15, 0.2) is 12.2 Å². The zero-order chi connectivity index (χ0) is 26.1. The van der Waals surface area contributed by atoms with Crippen LogP contribution in [0.4, 0.5) is 4.79 Å². The second-order valence-corrected chi connectivity index (χ2v) is 10.4. The number of rotatable bonds is 15. The fourth-order valence-electron chi connectivity index (χ4n) is 4.45. The van der Waals surface area contributed by atoms with Crippen molar-refractivity contribution in [1.82, 2.24) is 26.2 Å². The van der Waals surface area contributed by atoms with Crippen LogP contribution in [-0.4, -0.2) is 87.9 Å². The van der Waals surface area contributed by atoms with E-state index < -0.39 is 29.7 Å². The van der Waals surface area contributed by atoms with Gasteiger partial charge < -0.3 is 26.4 Å². The topological polar surface area (TPSA) is 174 Å². The summed E-state index contributed by atoms with van der Waals surface area (Å²) in [5.41, 5.74) is 0. The first-order valence-electron chi connectivity index (χ1n) is 12.3. The molecule has 0 saturated carbocycles. The number of imide groups is 1. The Kier molecular flexibility index (Phi) is 10.1. The molecule has 0 bridgehead atoms. The van der Waals surface area contributed by atoms with Gasteiger partial charge >= 0.3 is 12.0 Å². The van der Waals surface area contributed by atoms with Gasteiger partial charge in [-0.2, -0.15) is 11.8 Å². The quantitative estimate of drug-likeness (QED) is 0.112. The Morgan fingerprint density at radius 1 is 1.03 bits per heavy atom. The molecule has 0 aliphatic carbocycles. The highest BCUT2D eigenvalue weighted by Crippen LogP contribution is 2.33.